The van der Waals surface area contributed by atoms with Gasteiger partial charge in [0.1, 0.15) is 11.6 Å². The molecule has 1 heterocycles. The van der Waals surface area contributed by atoms with Crippen molar-refractivity contribution in [2.75, 3.05) is 5.75 Å². The highest BCUT2D eigenvalue weighted by Gasteiger charge is 2.20. The predicted molar refractivity (Wildman–Crippen MR) is 104 cm³/mol. The van der Waals surface area contributed by atoms with Crippen LogP contribution < -0.4 is 4.80 Å². The number of aryl methyl sites for hydroxylation is 1. The van der Waals surface area contributed by atoms with Crippen molar-refractivity contribution in [2.45, 2.75) is 24.8 Å². The fourth-order valence-corrected chi connectivity index (χ4v) is 5.17. The van der Waals surface area contributed by atoms with Crippen molar-refractivity contribution in [3.63, 3.8) is 0 Å². The normalized spacial score (nSPS) is 12.6. The van der Waals surface area contributed by atoms with Crippen LogP contribution in [0.3, 0.4) is 0 Å². The number of carbonyl (C=O) groups is 1. The van der Waals surface area contributed by atoms with Gasteiger partial charge in [0, 0.05) is 6.54 Å². The second kappa shape index (κ2) is 7.92. The van der Waals surface area contributed by atoms with Crippen LogP contribution in [0.5, 0.6) is 0 Å². The van der Waals surface area contributed by atoms with E-state index in [1.165, 1.54) is 11.3 Å². The summed E-state index contributed by atoms with van der Waals surface area (Å²) in [6.07, 6.45) is 0.798. The molecule has 2 aromatic carbocycles. The Bertz CT molecular complexity index is 1170. The number of sulfone groups is 1. The highest BCUT2D eigenvalue weighted by atomic mass is 35.5. The second-order valence-corrected chi connectivity index (χ2v) is 9.25. The molecular weight excluding hydrogens is 411 g/mol. The summed E-state index contributed by atoms with van der Waals surface area (Å²) in [5, 5.41) is 0.546. The molecular formula is C18H16ClFN2O3S2. The Kier molecular flexibility index (Phi) is 5.78. The Hall–Kier alpha value is -2.03. The number of aromatic nitrogens is 1. The predicted octanol–water partition coefficient (Wildman–Crippen LogP) is 3.81. The number of fused-ring (bicyclic) bond motifs is 1. The molecule has 142 valence electrons. The van der Waals surface area contributed by atoms with Crippen molar-refractivity contribution in [3.05, 3.63) is 58.1 Å². The average molecular weight is 427 g/mol. The van der Waals surface area contributed by atoms with E-state index in [9.17, 15) is 17.6 Å². The molecule has 27 heavy (non-hydrogen) atoms. The van der Waals surface area contributed by atoms with E-state index in [0.717, 1.165) is 40.9 Å². The standard InChI is InChI=1S/C18H16ClFN2O3S2/c1-2-10-22-17-14(19)4-3-5-15(17)26-18(22)21-16(23)11-27(24,25)13-8-6-12(20)7-9-13/h3-9H,2,10-11H2,1H3. The number of benzene rings is 2. The van der Waals surface area contributed by atoms with Gasteiger partial charge in [-0.1, -0.05) is 35.9 Å². The first-order chi connectivity index (χ1) is 12.8. The molecule has 0 aliphatic carbocycles. The maximum atomic E-state index is 13.0. The number of halogens is 2. The molecule has 0 atom stereocenters. The van der Waals surface area contributed by atoms with Crippen molar-refractivity contribution >= 4 is 48.9 Å². The van der Waals surface area contributed by atoms with Crippen molar-refractivity contribution < 1.29 is 17.6 Å². The van der Waals surface area contributed by atoms with E-state index >= 15 is 0 Å². The Labute approximate surface area is 164 Å². The van der Waals surface area contributed by atoms with Gasteiger partial charge in [-0.25, -0.2) is 12.8 Å². The van der Waals surface area contributed by atoms with Gasteiger partial charge < -0.3 is 4.57 Å². The molecule has 1 amide bonds. The topological polar surface area (TPSA) is 68.5 Å². The summed E-state index contributed by atoms with van der Waals surface area (Å²) in [5.41, 5.74) is 0.777. The van der Waals surface area contributed by atoms with Gasteiger partial charge in [-0.3, -0.25) is 4.79 Å². The molecule has 1 aromatic heterocycles. The Morgan fingerprint density at radius 3 is 2.59 bits per heavy atom. The molecule has 0 N–H and O–H groups in total. The molecule has 0 spiro atoms. The summed E-state index contributed by atoms with van der Waals surface area (Å²) in [6, 6.07) is 9.78. The third-order valence-corrected chi connectivity index (χ3v) is 6.77. The van der Waals surface area contributed by atoms with Gasteiger partial charge in [0.25, 0.3) is 5.91 Å². The zero-order chi connectivity index (χ0) is 19.6. The van der Waals surface area contributed by atoms with Crippen molar-refractivity contribution in [2.24, 2.45) is 4.99 Å². The quantitative estimate of drug-likeness (QED) is 0.582. The summed E-state index contributed by atoms with van der Waals surface area (Å²) in [5.74, 6) is -2.12. The molecule has 5 nitrogen and oxygen atoms in total. The molecule has 3 aromatic rings. The van der Waals surface area contributed by atoms with Crippen LogP contribution in [-0.4, -0.2) is 24.6 Å². The van der Waals surface area contributed by atoms with Crippen LogP contribution in [0.15, 0.2) is 52.4 Å². The monoisotopic (exact) mass is 426 g/mol. The Morgan fingerprint density at radius 1 is 1.22 bits per heavy atom. The zero-order valence-electron chi connectivity index (χ0n) is 14.4. The first-order valence-corrected chi connectivity index (χ1v) is 11.0. The van der Waals surface area contributed by atoms with E-state index in [1.807, 2.05) is 23.6 Å². The molecule has 0 unspecified atom stereocenters. The SMILES string of the molecule is CCCn1c(=NC(=O)CS(=O)(=O)c2ccc(F)cc2)sc2cccc(Cl)c21. The summed E-state index contributed by atoms with van der Waals surface area (Å²) < 4.78 is 40.4. The number of amides is 1. The van der Waals surface area contributed by atoms with Crippen LogP contribution in [0.2, 0.25) is 5.02 Å². The fourth-order valence-electron chi connectivity index (χ4n) is 2.63. The Morgan fingerprint density at radius 2 is 1.93 bits per heavy atom. The minimum absolute atomic E-state index is 0.117. The van der Waals surface area contributed by atoms with Gasteiger partial charge in [-0.15, -0.1) is 0 Å². The third-order valence-electron chi connectivity index (χ3n) is 3.81. The molecule has 0 aliphatic heterocycles. The maximum absolute atomic E-state index is 13.0. The van der Waals surface area contributed by atoms with Crippen LogP contribution in [0.4, 0.5) is 4.39 Å². The van der Waals surface area contributed by atoms with E-state index in [4.69, 9.17) is 11.6 Å². The lowest BCUT2D eigenvalue weighted by molar-refractivity contribution is -0.115. The third kappa shape index (κ3) is 4.28. The van der Waals surface area contributed by atoms with Gasteiger partial charge in [-0.2, -0.15) is 4.99 Å². The molecule has 0 saturated carbocycles. The zero-order valence-corrected chi connectivity index (χ0v) is 16.7. The van der Waals surface area contributed by atoms with Gasteiger partial charge in [0.2, 0.25) is 0 Å². The van der Waals surface area contributed by atoms with Crippen LogP contribution in [0, 0.1) is 5.82 Å². The number of rotatable bonds is 5. The minimum Gasteiger partial charge on any atom is -0.315 e. The molecule has 0 radical (unpaired) electrons. The second-order valence-electron chi connectivity index (χ2n) is 5.84. The largest absolute Gasteiger partial charge is 0.315 e. The molecule has 9 heteroatoms. The number of hydrogen-bond acceptors (Lipinski definition) is 4. The number of para-hydroxylation sites is 1. The van der Waals surface area contributed by atoms with E-state index in [-0.39, 0.29) is 4.90 Å². The lowest BCUT2D eigenvalue weighted by atomic mass is 10.3. The highest BCUT2D eigenvalue weighted by Crippen LogP contribution is 2.25. The number of thiazole rings is 1. The van der Waals surface area contributed by atoms with Gasteiger partial charge >= 0.3 is 0 Å². The molecule has 0 fully saturated rings. The van der Waals surface area contributed by atoms with E-state index in [1.54, 1.807) is 6.07 Å². The first-order valence-electron chi connectivity index (χ1n) is 8.15. The van der Waals surface area contributed by atoms with Crippen LogP contribution in [0.25, 0.3) is 10.2 Å². The van der Waals surface area contributed by atoms with E-state index in [2.05, 4.69) is 4.99 Å². The molecule has 0 aliphatic rings. The van der Waals surface area contributed by atoms with Crippen molar-refractivity contribution in [1.29, 1.82) is 0 Å². The van der Waals surface area contributed by atoms with Gasteiger partial charge in [0.15, 0.2) is 14.6 Å². The van der Waals surface area contributed by atoms with Gasteiger partial charge in [-0.05, 0) is 42.8 Å². The average Bonchev–Trinajstić information content (AvgIpc) is 2.93. The summed E-state index contributed by atoms with van der Waals surface area (Å²) >= 11 is 7.56. The smallest absolute Gasteiger partial charge is 0.263 e. The lowest BCUT2D eigenvalue weighted by Crippen LogP contribution is -2.21. The number of nitrogens with zero attached hydrogens (tertiary/aromatic N) is 2. The highest BCUT2D eigenvalue weighted by molar-refractivity contribution is 7.92. The first kappa shape index (κ1) is 19.7. The number of hydrogen-bond donors (Lipinski definition) is 0. The van der Waals surface area contributed by atoms with Crippen LogP contribution >= 0.6 is 22.9 Å². The molecule has 0 bridgehead atoms. The van der Waals surface area contributed by atoms with Crippen molar-refractivity contribution in [3.8, 4) is 0 Å². The summed E-state index contributed by atoms with van der Waals surface area (Å²) in [7, 11) is -3.90. The summed E-state index contributed by atoms with van der Waals surface area (Å²) in [6.45, 7) is 2.58. The van der Waals surface area contributed by atoms with E-state index in [0.29, 0.717) is 16.4 Å². The minimum atomic E-state index is -3.90. The van der Waals surface area contributed by atoms with Gasteiger partial charge in [0.05, 0.1) is 20.1 Å². The maximum Gasteiger partial charge on any atom is 0.263 e. The van der Waals surface area contributed by atoms with Crippen LogP contribution in [0.1, 0.15) is 13.3 Å². The molecule has 3 rings (SSSR count). The summed E-state index contributed by atoms with van der Waals surface area (Å²) in [4.78, 5) is 16.6. The van der Waals surface area contributed by atoms with Crippen molar-refractivity contribution in [1.82, 2.24) is 4.57 Å². The Balaban J connectivity index is 1.99. The van der Waals surface area contributed by atoms with Crippen LogP contribution in [-0.2, 0) is 21.2 Å². The number of carbonyl (C=O) groups excluding carboxylic acids is 1. The fraction of sp³-hybridized carbons (Fsp3) is 0.222. The molecule has 0 saturated heterocycles. The lowest BCUT2D eigenvalue weighted by Gasteiger charge is -2.04. The van der Waals surface area contributed by atoms with E-state index < -0.39 is 27.3 Å².